The standard InChI is InChI=1S/C11H16N6O2/c1-8-9(14-7-6-13-8)11(2,10(18)19)15-4-3-5-16-17-12/h6-7,15H,3-5H2,1-2H3,(H,18,19). The van der Waals surface area contributed by atoms with Gasteiger partial charge in [-0.1, -0.05) is 5.11 Å². The van der Waals surface area contributed by atoms with E-state index in [0.29, 0.717) is 30.9 Å². The summed E-state index contributed by atoms with van der Waals surface area (Å²) in [7, 11) is 0. The molecule has 8 heteroatoms. The van der Waals surface area contributed by atoms with Gasteiger partial charge in [-0.25, -0.2) is 4.79 Å². The number of carboxylic acids is 1. The second-order valence-corrected chi connectivity index (χ2v) is 4.16. The molecule has 1 unspecified atom stereocenters. The van der Waals surface area contributed by atoms with Crippen molar-refractivity contribution < 1.29 is 9.90 Å². The number of nitrogens with one attached hydrogen (secondary N) is 1. The maximum absolute atomic E-state index is 11.5. The van der Waals surface area contributed by atoms with E-state index in [4.69, 9.17) is 5.53 Å². The number of nitrogens with zero attached hydrogens (tertiary/aromatic N) is 5. The molecule has 0 fully saturated rings. The van der Waals surface area contributed by atoms with E-state index >= 15 is 0 Å². The number of aromatic nitrogens is 2. The minimum atomic E-state index is -1.31. The lowest BCUT2D eigenvalue weighted by atomic mass is 9.95. The van der Waals surface area contributed by atoms with Gasteiger partial charge in [0, 0.05) is 23.9 Å². The predicted molar refractivity (Wildman–Crippen MR) is 68.4 cm³/mol. The monoisotopic (exact) mass is 264 g/mol. The third-order valence-corrected chi connectivity index (χ3v) is 2.76. The zero-order chi connectivity index (χ0) is 14.3. The molecule has 1 aromatic rings. The van der Waals surface area contributed by atoms with Crippen LogP contribution in [0, 0.1) is 6.92 Å². The molecular weight excluding hydrogens is 248 g/mol. The minimum absolute atomic E-state index is 0.318. The maximum Gasteiger partial charge on any atom is 0.329 e. The van der Waals surface area contributed by atoms with E-state index < -0.39 is 11.5 Å². The Morgan fingerprint density at radius 1 is 1.58 bits per heavy atom. The quantitative estimate of drug-likeness (QED) is 0.333. The van der Waals surface area contributed by atoms with E-state index in [1.165, 1.54) is 12.4 Å². The summed E-state index contributed by atoms with van der Waals surface area (Å²) >= 11 is 0. The van der Waals surface area contributed by atoms with E-state index in [1.807, 2.05) is 0 Å². The van der Waals surface area contributed by atoms with Gasteiger partial charge in [-0.2, -0.15) is 0 Å². The van der Waals surface area contributed by atoms with Gasteiger partial charge in [0.1, 0.15) is 0 Å². The maximum atomic E-state index is 11.5. The molecule has 2 N–H and O–H groups in total. The molecule has 0 bridgehead atoms. The molecule has 0 aliphatic heterocycles. The Bertz CT molecular complexity index is 500. The van der Waals surface area contributed by atoms with Gasteiger partial charge in [0.2, 0.25) is 0 Å². The van der Waals surface area contributed by atoms with E-state index in [-0.39, 0.29) is 0 Å². The summed E-state index contributed by atoms with van der Waals surface area (Å²) in [6.07, 6.45) is 3.53. The molecule has 8 nitrogen and oxygen atoms in total. The molecule has 1 rings (SSSR count). The molecule has 0 saturated heterocycles. The molecule has 1 heterocycles. The summed E-state index contributed by atoms with van der Waals surface area (Å²) in [6, 6.07) is 0. The van der Waals surface area contributed by atoms with Crippen molar-refractivity contribution in [3.63, 3.8) is 0 Å². The summed E-state index contributed by atoms with van der Waals surface area (Å²) in [5.41, 5.74) is 7.79. The number of carboxylic acid groups (broad SMARTS) is 1. The highest BCUT2D eigenvalue weighted by Gasteiger charge is 2.37. The number of aliphatic carboxylic acids is 1. The van der Waals surface area contributed by atoms with Crippen LogP contribution >= 0.6 is 0 Å². The lowest BCUT2D eigenvalue weighted by molar-refractivity contribution is -0.144. The highest BCUT2D eigenvalue weighted by atomic mass is 16.4. The molecular formula is C11H16N6O2. The summed E-state index contributed by atoms with van der Waals surface area (Å²) in [4.78, 5) is 22.3. The molecule has 1 atom stereocenters. The van der Waals surface area contributed by atoms with Crippen LogP contribution in [0.25, 0.3) is 10.4 Å². The van der Waals surface area contributed by atoms with Crippen molar-refractivity contribution in [3.8, 4) is 0 Å². The van der Waals surface area contributed by atoms with Crippen molar-refractivity contribution in [2.75, 3.05) is 13.1 Å². The predicted octanol–water partition coefficient (Wildman–Crippen LogP) is 1.37. The number of carbonyl (C=O) groups is 1. The average Bonchev–Trinajstić information content (AvgIpc) is 2.38. The molecule has 0 spiro atoms. The van der Waals surface area contributed by atoms with Gasteiger partial charge in [-0.15, -0.1) is 0 Å². The SMILES string of the molecule is Cc1nccnc1C(C)(NCCCN=[N+]=[N-])C(=O)O. The van der Waals surface area contributed by atoms with E-state index in [2.05, 4.69) is 25.3 Å². The summed E-state index contributed by atoms with van der Waals surface area (Å²) in [6.45, 7) is 3.97. The van der Waals surface area contributed by atoms with Crippen molar-refractivity contribution in [2.45, 2.75) is 25.8 Å². The largest absolute Gasteiger partial charge is 0.480 e. The first kappa shape index (κ1) is 14.9. The highest BCUT2D eigenvalue weighted by Crippen LogP contribution is 2.20. The van der Waals surface area contributed by atoms with Crippen LogP contribution in [0.1, 0.15) is 24.7 Å². The molecule has 0 aliphatic carbocycles. The Kier molecular flexibility index (Phi) is 5.23. The molecule has 102 valence electrons. The summed E-state index contributed by atoms with van der Waals surface area (Å²) in [5, 5.41) is 15.7. The van der Waals surface area contributed by atoms with Gasteiger partial charge in [0.05, 0.1) is 11.4 Å². The molecule has 0 saturated carbocycles. The van der Waals surface area contributed by atoms with E-state index in [1.54, 1.807) is 13.8 Å². The van der Waals surface area contributed by atoms with Crippen molar-refractivity contribution in [1.82, 2.24) is 15.3 Å². The molecule has 0 aromatic carbocycles. The third-order valence-electron chi connectivity index (χ3n) is 2.76. The third kappa shape index (κ3) is 3.64. The summed E-state index contributed by atoms with van der Waals surface area (Å²) < 4.78 is 0. The molecule has 0 radical (unpaired) electrons. The molecule has 19 heavy (non-hydrogen) atoms. The van der Waals surface area contributed by atoms with Crippen LogP contribution < -0.4 is 5.32 Å². The minimum Gasteiger partial charge on any atom is -0.480 e. The van der Waals surface area contributed by atoms with Crippen LogP contribution in [0.4, 0.5) is 0 Å². The Morgan fingerprint density at radius 2 is 2.26 bits per heavy atom. The normalized spacial score (nSPS) is 13.4. The first-order valence-corrected chi connectivity index (χ1v) is 5.79. The van der Waals surface area contributed by atoms with Gasteiger partial charge in [0.25, 0.3) is 0 Å². The first-order valence-electron chi connectivity index (χ1n) is 5.79. The number of hydrogen-bond donors (Lipinski definition) is 2. The van der Waals surface area contributed by atoms with Crippen LogP contribution in [0.5, 0.6) is 0 Å². The van der Waals surface area contributed by atoms with Crippen molar-refractivity contribution in [2.24, 2.45) is 5.11 Å². The number of azide groups is 1. The lowest BCUT2D eigenvalue weighted by Crippen LogP contribution is -2.48. The first-order chi connectivity index (χ1) is 9.02. The van der Waals surface area contributed by atoms with Gasteiger partial charge < -0.3 is 5.11 Å². The fraction of sp³-hybridized carbons (Fsp3) is 0.545. The Balaban J connectivity index is 2.83. The van der Waals surface area contributed by atoms with E-state index in [0.717, 1.165) is 0 Å². The zero-order valence-corrected chi connectivity index (χ0v) is 10.9. The van der Waals surface area contributed by atoms with Crippen molar-refractivity contribution in [1.29, 1.82) is 0 Å². The lowest BCUT2D eigenvalue weighted by Gasteiger charge is -2.26. The Hall–Kier alpha value is -2.18. The van der Waals surface area contributed by atoms with Crippen LogP contribution in [0.2, 0.25) is 0 Å². The molecule has 1 aromatic heterocycles. The van der Waals surface area contributed by atoms with Gasteiger partial charge in [-0.05, 0) is 32.3 Å². The Morgan fingerprint density at radius 3 is 2.84 bits per heavy atom. The topological polar surface area (TPSA) is 124 Å². The highest BCUT2D eigenvalue weighted by molar-refractivity contribution is 5.79. The number of rotatable bonds is 7. The zero-order valence-electron chi connectivity index (χ0n) is 10.9. The van der Waals surface area contributed by atoms with Gasteiger partial charge >= 0.3 is 5.97 Å². The smallest absolute Gasteiger partial charge is 0.329 e. The molecule has 0 aliphatic rings. The van der Waals surface area contributed by atoms with E-state index in [9.17, 15) is 9.90 Å². The second-order valence-electron chi connectivity index (χ2n) is 4.16. The van der Waals surface area contributed by atoms with Gasteiger partial charge in [-0.3, -0.25) is 15.3 Å². The number of hydrogen-bond acceptors (Lipinski definition) is 5. The van der Waals surface area contributed by atoms with Crippen molar-refractivity contribution >= 4 is 5.97 Å². The van der Waals surface area contributed by atoms with Crippen molar-refractivity contribution in [3.05, 3.63) is 34.2 Å². The fourth-order valence-corrected chi connectivity index (χ4v) is 1.69. The molecule has 0 amide bonds. The van der Waals surface area contributed by atoms with Crippen LogP contribution in [0.3, 0.4) is 0 Å². The fourth-order valence-electron chi connectivity index (χ4n) is 1.69. The van der Waals surface area contributed by atoms with Crippen LogP contribution in [-0.4, -0.2) is 34.1 Å². The van der Waals surface area contributed by atoms with Crippen LogP contribution in [0.15, 0.2) is 17.5 Å². The summed E-state index contributed by atoms with van der Waals surface area (Å²) in [5.74, 6) is -1.03. The second kappa shape index (κ2) is 6.67. The average molecular weight is 264 g/mol. The van der Waals surface area contributed by atoms with Crippen LogP contribution in [-0.2, 0) is 10.3 Å². The number of aryl methyl sites for hydroxylation is 1. The Labute approximate surface area is 110 Å². The van der Waals surface area contributed by atoms with Gasteiger partial charge in [0.15, 0.2) is 5.54 Å².